The van der Waals surface area contributed by atoms with Gasteiger partial charge in [0.15, 0.2) is 0 Å². The van der Waals surface area contributed by atoms with E-state index in [1.165, 1.54) is 31.9 Å². The molecule has 0 aliphatic carbocycles. The number of piperidine rings is 1. The van der Waals surface area contributed by atoms with Crippen molar-refractivity contribution >= 4 is 5.84 Å². The fourth-order valence-corrected chi connectivity index (χ4v) is 3.45. The molecule has 2 aliphatic rings. The number of nitrogens with zero attached hydrogens (tertiary/aromatic N) is 2. The molecule has 3 N–H and O–H groups in total. The second-order valence-electron chi connectivity index (χ2n) is 6.14. The van der Waals surface area contributed by atoms with E-state index in [1.54, 1.807) is 12.1 Å². The Labute approximate surface area is 125 Å². The molecule has 0 bridgehead atoms. The average Bonchev–Trinajstić information content (AvgIpc) is 2.49. The number of nitrogens with one attached hydrogen (secondary N) is 1. The summed E-state index contributed by atoms with van der Waals surface area (Å²) < 4.78 is 14.1. The second kappa shape index (κ2) is 6.12. The van der Waals surface area contributed by atoms with Crippen molar-refractivity contribution < 1.29 is 4.39 Å². The van der Waals surface area contributed by atoms with Gasteiger partial charge in [0.05, 0.1) is 0 Å². The van der Waals surface area contributed by atoms with Gasteiger partial charge in [0.1, 0.15) is 11.7 Å². The third kappa shape index (κ3) is 3.24. The third-order valence-corrected chi connectivity index (χ3v) is 4.68. The summed E-state index contributed by atoms with van der Waals surface area (Å²) in [5.41, 5.74) is 6.54. The first-order valence-electron chi connectivity index (χ1n) is 7.73. The fourth-order valence-electron chi connectivity index (χ4n) is 3.45. The zero-order valence-electron chi connectivity index (χ0n) is 12.3. The standard InChI is InChI=1S/C16H23FN4/c17-15-9-12(16(18)19)4-5-13(15)10-20-7-8-21-6-2-1-3-14(21)11-20/h4-5,9,14H,1-3,6-8,10-11H2,(H3,18,19). The predicted octanol–water partition coefficient (Wildman–Crippen LogP) is 1.78. The van der Waals surface area contributed by atoms with Gasteiger partial charge in [-0.2, -0.15) is 0 Å². The van der Waals surface area contributed by atoms with E-state index in [9.17, 15) is 4.39 Å². The van der Waals surface area contributed by atoms with E-state index >= 15 is 0 Å². The van der Waals surface area contributed by atoms with Crippen LogP contribution in [0, 0.1) is 11.2 Å². The van der Waals surface area contributed by atoms with E-state index in [-0.39, 0.29) is 11.7 Å². The second-order valence-corrected chi connectivity index (χ2v) is 6.14. The molecule has 2 fully saturated rings. The molecule has 0 aromatic heterocycles. The summed E-state index contributed by atoms with van der Waals surface area (Å²) in [6, 6.07) is 5.51. The van der Waals surface area contributed by atoms with E-state index in [0.29, 0.717) is 23.7 Å². The summed E-state index contributed by atoms with van der Waals surface area (Å²) >= 11 is 0. The maximum absolute atomic E-state index is 14.1. The number of nitrogen functional groups attached to an aromatic ring is 1. The highest BCUT2D eigenvalue weighted by atomic mass is 19.1. The zero-order chi connectivity index (χ0) is 14.8. The van der Waals surface area contributed by atoms with Crippen LogP contribution in [0.4, 0.5) is 4.39 Å². The molecule has 114 valence electrons. The minimum atomic E-state index is -0.256. The minimum Gasteiger partial charge on any atom is -0.384 e. The van der Waals surface area contributed by atoms with Crippen LogP contribution in [0.25, 0.3) is 0 Å². The average molecular weight is 290 g/mol. The molecule has 1 aromatic carbocycles. The number of hydrogen-bond acceptors (Lipinski definition) is 3. The van der Waals surface area contributed by atoms with Crippen LogP contribution in [0.1, 0.15) is 30.4 Å². The number of halogens is 1. The van der Waals surface area contributed by atoms with Crippen molar-refractivity contribution in [3.8, 4) is 0 Å². The molecular formula is C16H23FN4. The summed E-state index contributed by atoms with van der Waals surface area (Å²) in [6.45, 7) is 5.00. The lowest BCUT2D eigenvalue weighted by Gasteiger charge is -2.44. The molecule has 2 heterocycles. The lowest BCUT2D eigenvalue weighted by Crippen LogP contribution is -2.54. The number of benzene rings is 1. The molecule has 0 radical (unpaired) electrons. The Kier molecular flexibility index (Phi) is 4.22. The summed E-state index contributed by atoms with van der Waals surface area (Å²) in [5.74, 6) is -0.343. The summed E-state index contributed by atoms with van der Waals surface area (Å²) in [5, 5.41) is 7.35. The number of amidine groups is 1. The molecule has 0 spiro atoms. The Balaban J connectivity index is 1.65. The quantitative estimate of drug-likeness (QED) is 0.659. The van der Waals surface area contributed by atoms with Gasteiger partial charge in [-0.05, 0) is 25.5 Å². The van der Waals surface area contributed by atoms with Gasteiger partial charge in [-0.3, -0.25) is 15.2 Å². The van der Waals surface area contributed by atoms with Crippen molar-refractivity contribution in [2.75, 3.05) is 26.2 Å². The zero-order valence-corrected chi connectivity index (χ0v) is 12.3. The van der Waals surface area contributed by atoms with Crippen molar-refractivity contribution in [2.45, 2.75) is 31.8 Å². The topological polar surface area (TPSA) is 56.4 Å². The van der Waals surface area contributed by atoms with E-state index in [0.717, 1.165) is 19.6 Å². The van der Waals surface area contributed by atoms with E-state index in [1.807, 2.05) is 0 Å². The lowest BCUT2D eigenvalue weighted by molar-refractivity contribution is 0.0452. The normalized spacial score (nSPS) is 23.8. The Morgan fingerprint density at radius 3 is 2.90 bits per heavy atom. The largest absolute Gasteiger partial charge is 0.384 e. The highest BCUT2D eigenvalue weighted by Gasteiger charge is 2.28. The third-order valence-electron chi connectivity index (χ3n) is 4.68. The molecule has 0 saturated carbocycles. The highest BCUT2D eigenvalue weighted by Crippen LogP contribution is 2.22. The Morgan fingerprint density at radius 2 is 2.14 bits per heavy atom. The van der Waals surface area contributed by atoms with Gasteiger partial charge in [0.2, 0.25) is 0 Å². The first kappa shape index (κ1) is 14.5. The van der Waals surface area contributed by atoms with Crippen molar-refractivity contribution in [3.63, 3.8) is 0 Å². The molecule has 1 unspecified atom stereocenters. The molecule has 21 heavy (non-hydrogen) atoms. The summed E-state index contributed by atoms with van der Waals surface area (Å²) in [6.07, 6.45) is 3.90. The molecule has 2 saturated heterocycles. The lowest BCUT2D eigenvalue weighted by atomic mass is 9.99. The van der Waals surface area contributed by atoms with Crippen LogP contribution < -0.4 is 5.73 Å². The van der Waals surface area contributed by atoms with Crippen LogP contribution in [0.5, 0.6) is 0 Å². The van der Waals surface area contributed by atoms with E-state index < -0.39 is 0 Å². The maximum Gasteiger partial charge on any atom is 0.128 e. The number of hydrogen-bond donors (Lipinski definition) is 2. The molecule has 4 nitrogen and oxygen atoms in total. The van der Waals surface area contributed by atoms with Crippen molar-refractivity contribution in [1.82, 2.24) is 9.80 Å². The van der Waals surface area contributed by atoms with E-state index in [4.69, 9.17) is 11.1 Å². The van der Waals surface area contributed by atoms with E-state index in [2.05, 4.69) is 9.80 Å². The van der Waals surface area contributed by atoms with Gasteiger partial charge in [0, 0.05) is 43.3 Å². The van der Waals surface area contributed by atoms with Crippen LogP contribution in [0.2, 0.25) is 0 Å². The van der Waals surface area contributed by atoms with Gasteiger partial charge in [-0.15, -0.1) is 0 Å². The number of rotatable bonds is 3. The van der Waals surface area contributed by atoms with Gasteiger partial charge in [-0.25, -0.2) is 4.39 Å². The fraction of sp³-hybridized carbons (Fsp3) is 0.562. The molecule has 0 amide bonds. The maximum atomic E-state index is 14.1. The van der Waals surface area contributed by atoms with Gasteiger partial charge < -0.3 is 5.73 Å². The van der Waals surface area contributed by atoms with Gasteiger partial charge >= 0.3 is 0 Å². The van der Waals surface area contributed by atoms with Crippen molar-refractivity contribution in [2.24, 2.45) is 5.73 Å². The van der Waals surface area contributed by atoms with Gasteiger partial charge in [0.25, 0.3) is 0 Å². The van der Waals surface area contributed by atoms with Crippen molar-refractivity contribution in [1.29, 1.82) is 5.41 Å². The summed E-state index contributed by atoms with van der Waals surface area (Å²) in [7, 11) is 0. The molecular weight excluding hydrogens is 267 g/mol. The molecule has 5 heteroatoms. The SMILES string of the molecule is N=C(N)c1ccc(CN2CCN3CCCCC3C2)c(F)c1. The van der Waals surface area contributed by atoms with Crippen LogP contribution >= 0.6 is 0 Å². The Morgan fingerprint density at radius 1 is 1.29 bits per heavy atom. The molecule has 1 aromatic rings. The monoisotopic (exact) mass is 290 g/mol. The molecule has 3 rings (SSSR count). The number of fused-ring (bicyclic) bond motifs is 1. The van der Waals surface area contributed by atoms with Crippen LogP contribution in [-0.2, 0) is 6.54 Å². The first-order chi connectivity index (χ1) is 10.1. The Hall–Kier alpha value is -1.46. The van der Waals surface area contributed by atoms with Crippen molar-refractivity contribution in [3.05, 3.63) is 35.1 Å². The molecule has 1 atom stereocenters. The molecule has 2 aliphatic heterocycles. The smallest absolute Gasteiger partial charge is 0.128 e. The highest BCUT2D eigenvalue weighted by molar-refractivity contribution is 5.94. The number of piperazine rings is 1. The van der Waals surface area contributed by atoms with Crippen LogP contribution in [-0.4, -0.2) is 47.9 Å². The Bertz CT molecular complexity index is 531. The predicted molar refractivity (Wildman–Crippen MR) is 81.9 cm³/mol. The number of nitrogens with two attached hydrogens (primary N) is 1. The first-order valence-corrected chi connectivity index (χ1v) is 7.73. The minimum absolute atomic E-state index is 0.0868. The van der Waals surface area contributed by atoms with Crippen LogP contribution in [0.15, 0.2) is 18.2 Å². The summed E-state index contributed by atoms with van der Waals surface area (Å²) in [4.78, 5) is 4.92. The van der Waals surface area contributed by atoms with Gasteiger partial charge in [-0.1, -0.05) is 18.6 Å². The van der Waals surface area contributed by atoms with Crippen LogP contribution in [0.3, 0.4) is 0 Å².